The van der Waals surface area contributed by atoms with E-state index in [4.69, 9.17) is 0 Å². The van der Waals surface area contributed by atoms with E-state index < -0.39 is 0 Å². The topological polar surface area (TPSA) is 15.3 Å². The van der Waals surface area contributed by atoms with Crippen molar-refractivity contribution in [3.05, 3.63) is 12.7 Å². The van der Waals surface area contributed by atoms with Crippen LogP contribution in [0.2, 0.25) is 0 Å². The van der Waals surface area contributed by atoms with Crippen LogP contribution >= 0.6 is 0 Å². The van der Waals surface area contributed by atoms with Crippen LogP contribution in [0.25, 0.3) is 0 Å². The van der Waals surface area contributed by atoms with Gasteiger partial charge in [0.2, 0.25) is 0 Å². The zero-order valence-electron chi connectivity index (χ0n) is 8.80. The Morgan fingerprint density at radius 1 is 1.42 bits per heavy atom. The molecule has 0 aliphatic heterocycles. The van der Waals surface area contributed by atoms with Crippen LogP contribution < -0.4 is 5.32 Å². The molecule has 0 aromatic heterocycles. The van der Waals surface area contributed by atoms with E-state index in [1.54, 1.807) is 0 Å². The molecule has 12 heavy (non-hydrogen) atoms. The first-order chi connectivity index (χ1) is 5.63. The second kappa shape index (κ2) is 6.21. The van der Waals surface area contributed by atoms with Crippen LogP contribution in [0.4, 0.5) is 0 Å². The number of hydrogen-bond donors (Lipinski definition) is 1. The Kier molecular flexibility index (Phi) is 6.03. The zero-order chi connectivity index (χ0) is 9.56. The van der Waals surface area contributed by atoms with Gasteiger partial charge in [-0.15, -0.1) is 6.58 Å². The maximum absolute atomic E-state index is 3.76. The summed E-state index contributed by atoms with van der Waals surface area (Å²) < 4.78 is 0. The number of likely N-dealkylation sites (N-methyl/N-ethyl adjacent to an activating group) is 1. The van der Waals surface area contributed by atoms with E-state index in [-0.39, 0.29) is 0 Å². The Labute approximate surface area is 76.6 Å². The summed E-state index contributed by atoms with van der Waals surface area (Å²) in [4.78, 5) is 2.42. The van der Waals surface area contributed by atoms with Gasteiger partial charge in [0, 0.05) is 25.2 Å². The van der Waals surface area contributed by atoms with Gasteiger partial charge in [-0.05, 0) is 27.8 Å². The lowest BCUT2D eigenvalue weighted by Crippen LogP contribution is -2.43. The second-order valence-corrected chi connectivity index (χ2v) is 3.49. The maximum atomic E-state index is 3.76. The van der Waals surface area contributed by atoms with E-state index in [1.165, 1.54) is 0 Å². The minimum absolute atomic E-state index is 0.577. The third kappa shape index (κ3) is 3.88. The Hall–Kier alpha value is -0.340. The quantitative estimate of drug-likeness (QED) is 0.608. The average Bonchev–Trinajstić information content (AvgIpc) is 1.99. The van der Waals surface area contributed by atoms with E-state index in [1.807, 2.05) is 13.1 Å². The molecule has 0 radical (unpaired) electrons. The van der Waals surface area contributed by atoms with Crippen LogP contribution in [0.5, 0.6) is 0 Å². The van der Waals surface area contributed by atoms with Gasteiger partial charge in [0.05, 0.1) is 0 Å². The summed E-state index contributed by atoms with van der Waals surface area (Å²) in [5.41, 5.74) is 0. The molecule has 0 bridgehead atoms. The molecule has 0 aromatic rings. The van der Waals surface area contributed by atoms with Gasteiger partial charge in [-0.1, -0.05) is 6.08 Å². The average molecular weight is 170 g/mol. The molecule has 2 heteroatoms. The van der Waals surface area contributed by atoms with Gasteiger partial charge >= 0.3 is 0 Å². The van der Waals surface area contributed by atoms with Crippen LogP contribution in [0, 0.1) is 0 Å². The number of rotatable bonds is 6. The van der Waals surface area contributed by atoms with Crippen molar-refractivity contribution in [1.29, 1.82) is 0 Å². The van der Waals surface area contributed by atoms with Crippen LogP contribution in [-0.2, 0) is 0 Å². The molecule has 1 N–H and O–H groups in total. The number of nitrogens with zero attached hydrogens (tertiary/aromatic N) is 1. The Morgan fingerprint density at radius 2 is 2.00 bits per heavy atom. The van der Waals surface area contributed by atoms with Crippen molar-refractivity contribution in [1.82, 2.24) is 10.2 Å². The molecule has 0 saturated heterocycles. The highest BCUT2D eigenvalue weighted by Crippen LogP contribution is 2.03. The number of nitrogens with one attached hydrogen (secondary N) is 1. The Bertz CT molecular complexity index is 121. The first kappa shape index (κ1) is 11.7. The van der Waals surface area contributed by atoms with E-state index >= 15 is 0 Å². The highest BCUT2D eigenvalue weighted by atomic mass is 15.2. The molecule has 0 aliphatic rings. The third-order valence-corrected chi connectivity index (χ3v) is 2.07. The van der Waals surface area contributed by atoms with Crippen molar-refractivity contribution in [3.8, 4) is 0 Å². The van der Waals surface area contributed by atoms with E-state index in [2.05, 4.69) is 37.6 Å². The van der Waals surface area contributed by atoms with Crippen LogP contribution in [0.15, 0.2) is 12.7 Å². The second-order valence-electron chi connectivity index (χ2n) is 3.49. The lowest BCUT2D eigenvalue weighted by Gasteiger charge is -2.31. The molecule has 0 spiro atoms. The molecule has 0 heterocycles. The fraction of sp³-hybridized carbons (Fsp3) is 0.800. The molecular formula is C10H22N2. The van der Waals surface area contributed by atoms with Gasteiger partial charge in [0.25, 0.3) is 0 Å². The molecular weight excluding hydrogens is 148 g/mol. The van der Waals surface area contributed by atoms with Crippen LogP contribution in [0.1, 0.15) is 20.8 Å². The summed E-state index contributed by atoms with van der Waals surface area (Å²) in [7, 11) is 1.99. The fourth-order valence-electron chi connectivity index (χ4n) is 1.46. The van der Waals surface area contributed by atoms with Crippen molar-refractivity contribution >= 4 is 0 Å². The van der Waals surface area contributed by atoms with Crippen molar-refractivity contribution in [2.75, 3.05) is 20.1 Å². The highest BCUT2D eigenvalue weighted by molar-refractivity contribution is 4.80. The predicted molar refractivity (Wildman–Crippen MR) is 55.4 cm³/mol. The first-order valence-electron chi connectivity index (χ1n) is 4.64. The van der Waals surface area contributed by atoms with Crippen molar-refractivity contribution < 1.29 is 0 Å². The monoisotopic (exact) mass is 170 g/mol. The Morgan fingerprint density at radius 3 is 2.33 bits per heavy atom. The third-order valence-electron chi connectivity index (χ3n) is 2.07. The maximum Gasteiger partial charge on any atom is 0.0198 e. The summed E-state index contributed by atoms with van der Waals surface area (Å²) in [5.74, 6) is 0. The van der Waals surface area contributed by atoms with E-state index in [9.17, 15) is 0 Å². The largest absolute Gasteiger partial charge is 0.318 e. The van der Waals surface area contributed by atoms with E-state index in [0.29, 0.717) is 12.1 Å². The summed E-state index contributed by atoms with van der Waals surface area (Å²) in [6.07, 6.45) is 1.96. The minimum atomic E-state index is 0.577. The molecule has 0 fully saturated rings. The van der Waals surface area contributed by atoms with Gasteiger partial charge in [0.15, 0.2) is 0 Å². The molecule has 2 nitrogen and oxygen atoms in total. The normalized spacial score (nSPS) is 13.8. The van der Waals surface area contributed by atoms with Crippen molar-refractivity contribution in [3.63, 3.8) is 0 Å². The van der Waals surface area contributed by atoms with Gasteiger partial charge in [-0.2, -0.15) is 0 Å². The van der Waals surface area contributed by atoms with E-state index in [0.717, 1.165) is 13.1 Å². The molecule has 1 atom stereocenters. The molecule has 1 unspecified atom stereocenters. The number of hydrogen-bond acceptors (Lipinski definition) is 2. The van der Waals surface area contributed by atoms with Crippen molar-refractivity contribution in [2.24, 2.45) is 0 Å². The lowest BCUT2D eigenvalue weighted by atomic mass is 10.2. The summed E-state index contributed by atoms with van der Waals surface area (Å²) in [5, 5.41) is 3.19. The van der Waals surface area contributed by atoms with Crippen LogP contribution in [-0.4, -0.2) is 37.1 Å². The summed E-state index contributed by atoms with van der Waals surface area (Å²) in [6, 6.07) is 1.17. The molecule has 0 amide bonds. The highest BCUT2D eigenvalue weighted by Gasteiger charge is 2.13. The molecule has 0 aliphatic carbocycles. The van der Waals surface area contributed by atoms with Gasteiger partial charge in [-0.25, -0.2) is 0 Å². The molecule has 72 valence electrons. The summed E-state index contributed by atoms with van der Waals surface area (Å²) in [6.45, 7) is 12.4. The minimum Gasteiger partial charge on any atom is -0.318 e. The molecule has 0 aromatic carbocycles. The fourth-order valence-corrected chi connectivity index (χ4v) is 1.46. The van der Waals surface area contributed by atoms with Gasteiger partial charge in [0.1, 0.15) is 0 Å². The zero-order valence-corrected chi connectivity index (χ0v) is 8.80. The van der Waals surface area contributed by atoms with Crippen LogP contribution in [0.3, 0.4) is 0 Å². The van der Waals surface area contributed by atoms with Gasteiger partial charge < -0.3 is 5.32 Å². The molecule has 0 rings (SSSR count). The van der Waals surface area contributed by atoms with Crippen molar-refractivity contribution in [2.45, 2.75) is 32.9 Å². The Balaban J connectivity index is 3.98. The smallest absolute Gasteiger partial charge is 0.0198 e. The molecule has 0 saturated carbocycles. The predicted octanol–water partition coefficient (Wildman–Crippen LogP) is 1.49. The summed E-state index contributed by atoms with van der Waals surface area (Å²) >= 11 is 0. The SMILES string of the molecule is C=CCN(C(C)C)C(C)CNC. The first-order valence-corrected chi connectivity index (χ1v) is 4.64. The lowest BCUT2D eigenvalue weighted by molar-refractivity contribution is 0.182. The van der Waals surface area contributed by atoms with Gasteiger partial charge in [-0.3, -0.25) is 4.90 Å². The standard InChI is InChI=1S/C10H22N2/c1-6-7-12(9(2)3)10(4)8-11-5/h6,9-11H,1,7-8H2,2-5H3.